The van der Waals surface area contributed by atoms with E-state index in [2.05, 4.69) is 54.1 Å². The summed E-state index contributed by atoms with van der Waals surface area (Å²) in [6.07, 6.45) is 0.474. The van der Waals surface area contributed by atoms with Crippen molar-refractivity contribution in [2.45, 2.75) is 63.8 Å². The largest absolute Gasteiger partial charge is 0.411 e. The quantitative estimate of drug-likeness (QED) is 0.581. The van der Waals surface area contributed by atoms with Gasteiger partial charge in [0, 0.05) is 12.0 Å². The van der Waals surface area contributed by atoms with Gasteiger partial charge in [-0.15, -0.1) is 0 Å². The molecule has 1 saturated heterocycles. The Morgan fingerprint density at radius 2 is 1.94 bits per heavy atom. The number of ketones is 1. The van der Waals surface area contributed by atoms with Crippen LogP contribution in [-0.4, -0.2) is 51.7 Å². The molecule has 3 atom stereocenters. The third-order valence-corrected chi connectivity index (χ3v) is 11.3. The molecular formula is C23H27N5O4Si. The number of aromatic nitrogens is 4. The molecule has 2 aromatic heterocycles. The Kier molecular flexibility index (Phi) is 5.00. The molecule has 0 unspecified atom stereocenters. The van der Waals surface area contributed by atoms with E-state index in [-0.39, 0.29) is 34.5 Å². The second kappa shape index (κ2) is 7.54. The second-order valence-electron chi connectivity index (χ2n) is 10.0. The Balaban J connectivity index is 1.47. The number of rotatable bonds is 4. The highest BCUT2D eigenvalue weighted by molar-refractivity contribution is 6.74. The van der Waals surface area contributed by atoms with Gasteiger partial charge in [-0.25, -0.2) is 15.0 Å². The SMILES string of the molecule is CC(C)(C)[Si](C)(C)O[C@H]1C[C@H]2O[C@@H]1C(=O)c1nc3c(NC(=O)c4ccccc4)ncnc3n12. The summed E-state index contributed by atoms with van der Waals surface area (Å²) >= 11 is 0. The number of fused-ring (bicyclic) bond motifs is 6. The van der Waals surface area contributed by atoms with Gasteiger partial charge in [-0.3, -0.25) is 14.2 Å². The fourth-order valence-electron chi connectivity index (χ4n) is 4.04. The van der Waals surface area contributed by atoms with Crippen molar-refractivity contribution < 1.29 is 18.8 Å². The first-order valence-corrected chi connectivity index (χ1v) is 13.9. The van der Waals surface area contributed by atoms with Gasteiger partial charge in [0.25, 0.3) is 5.91 Å². The minimum absolute atomic E-state index is 0.0199. The number of anilines is 1. The smallest absolute Gasteiger partial charge is 0.256 e. The molecule has 9 nitrogen and oxygen atoms in total. The predicted octanol–water partition coefficient (Wildman–Crippen LogP) is 3.95. The van der Waals surface area contributed by atoms with Gasteiger partial charge in [0.1, 0.15) is 12.6 Å². The number of ether oxygens (including phenoxy) is 1. The van der Waals surface area contributed by atoms with Gasteiger partial charge < -0.3 is 14.5 Å². The zero-order chi connectivity index (χ0) is 23.5. The molecule has 172 valence electrons. The maximum Gasteiger partial charge on any atom is 0.256 e. The Morgan fingerprint density at radius 3 is 2.64 bits per heavy atom. The van der Waals surface area contributed by atoms with Crippen LogP contribution in [0.4, 0.5) is 5.82 Å². The maximum absolute atomic E-state index is 13.3. The van der Waals surface area contributed by atoms with E-state index in [9.17, 15) is 9.59 Å². The van der Waals surface area contributed by atoms with E-state index in [1.54, 1.807) is 28.8 Å². The van der Waals surface area contributed by atoms with Crippen LogP contribution in [0.1, 0.15) is 54.4 Å². The summed E-state index contributed by atoms with van der Waals surface area (Å²) in [6.45, 7) is 10.8. The average molecular weight is 466 g/mol. The van der Waals surface area contributed by atoms with Crippen LogP contribution in [0.5, 0.6) is 0 Å². The van der Waals surface area contributed by atoms with E-state index in [1.165, 1.54) is 6.33 Å². The maximum atomic E-state index is 13.3. The molecule has 5 rings (SSSR count). The highest BCUT2D eigenvalue weighted by Crippen LogP contribution is 2.44. The van der Waals surface area contributed by atoms with E-state index in [4.69, 9.17) is 9.16 Å². The van der Waals surface area contributed by atoms with Gasteiger partial charge in [-0.2, -0.15) is 0 Å². The van der Waals surface area contributed by atoms with Crippen LogP contribution >= 0.6 is 0 Å². The van der Waals surface area contributed by atoms with Crippen molar-refractivity contribution in [1.82, 2.24) is 19.5 Å². The first kappa shape index (κ1) is 21.9. The van der Waals surface area contributed by atoms with Crippen LogP contribution in [-0.2, 0) is 9.16 Å². The molecule has 0 spiro atoms. The van der Waals surface area contributed by atoms with E-state index in [0.29, 0.717) is 23.1 Å². The molecule has 1 N–H and O–H groups in total. The van der Waals surface area contributed by atoms with Crippen molar-refractivity contribution in [3.8, 4) is 0 Å². The fourth-order valence-corrected chi connectivity index (χ4v) is 5.37. The standard InChI is InChI=1S/C23H27N5O4Si/c1-23(2,3)33(4,5)32-14-11-15-28-20-16(26-21(28)17(29)18(14)31-15)19(24-12-25-20)27-22(30)13-9-7-6-8-10-13/h6-10,12,14-15,18H,11H2,1-5H3,(H,24,25,27,30)/t14-,15+,18-/m0/s1. The first-order valence-electron chi connectivity index (χ1n) is 11.0. The van der Waals surface area contributed by atoms with Crippen LogP contribution < -0.4 is 5.32 Å². The molecule has 0 radical (unpaired) electrons. The number of carbonyl (C=O) groups excluding carboxylic acids is 2. The third kappa shape index (κ3) is 3.58. The number of hydrogen-bond donors (Lipinski definition) is 1. The normalized spacial score (nSPS) is 22.5. The van der Waals surface area contributed by atoms with Crippen LogP contribution in [0.2, 0.25) is 18.1 Å². The molecule has 2 aliphatic heterocycles. The molecule has 1 aromatic carbocycles. The van der Waals surface area contributed by atoms with Gasteiger partial charge in [0.2, 0.25) is 5.78 Å². The number of imidazole rings is 1. The highest BCUT2D eigenvalue weighted by atomic mass is 28.4. The number of nitrogens with one attached hydrogen (secondary N) is 1. The average Bonchev–Trinajstić information content (AvgIpc) is 3.32. The molecule has 1 amide bonds. The summed E-state index contributed by atoms with van der Waals surface area (Å²) in [4.78, 5) is 39.1. The fraction of sp³-hybridized carbons (Fsp3) is 0.435. The summed E-state index contributed by atoms with van der Waals surface area (Å²) in [7, 11) is -2.09. The molecule has 2 aliphatic rings. The zero-order valence-corrected chi connectivity index (χ0v) is 20.3. The Morgan fingerprint density at radius 1 is 1.21 bits per heavy atom. The topological polar surface area (TPSA) is 108 Å². The van der Waals surface area contributed by atoms with Crippen molar-refractivity contribution in [2.24, 2.45) is 0 Å². The van der Waals surface area contributed by atoms with E-state index >= 15 is 0 Å². The minimum Gasteiger partial charge on any atom is -0.411 e. The molecule has 0 saturated carbocycles. The number of Topliss-reactive ketones (excluding diaryl/α,β-unsaturated/α-hetero) is 1. The second-order valence-corrected chi connectivity index (χ2v) is 14.8. The monoisotopic (exact) mass is 465 g/mol. The van der Waals surface area contributed by atoms with Gasteiger partial charge in [-0.1, -0.05) is 39.0 Å². The number of nitrogens with zero attached hydrogens (tertiary/aromatic N) is 4. The lowest BCUT2D eigenvalue weighted by Gasteiger charge is -2.39. The van der Waals surface area contributed by atoms with Gasteiger partial charge in [0.05, 0.1) is 6.10 Å². The highest BCUT2D eigenvalue weighted by Gasteiger charge is 2.52. The molecule has 33 heavy (non-hydrogen) atoms. The molecule has 1 fully saturated rings. The summed E-state index contributed by atoms with van der Waals surface area (Å²) < 4.78 is 14.3. The van der Waals surface area contributed by atoms with Crippen molar-refractivity contribution in [3.05, 3.63) is 48.0 Å². The van der Waals surface area contributed by atoms with Crippen molar-refractivity contribution in [3.63, 3.8) is 0 Å². The van der Waals surface area contributed by atoms with Crippen molar-refractivity contribution >= 4 is 37.0 Å². The number of benzene rings is 1. The van der Waals surface area contributed by atoms with Crippen LogP contribution in [0, 0.1) is 0 Å². The first-order chi connectivity index (χ1) is 15.6. The van der Waals surface area contributed by atoms with Gasteiger partial charge in [0.15, 0.2) is 37.2 Å². The number of amides is 1. The third-order valence-electron chi connectivity index (χ3n) is 6.84. The van der Waals surface area contributed by atoms with Crippen molar-refractivity contribution in [1.29, 1.82) is 0 Å². The Bertz CT molecular complexity index is 1250. The molecular weight excluding hydrogens is 438 g/mol. The zero-order valence-electron chi connectivity index (χ0n) is 19.3. The minimum atomic E-state index is -2.09. The van der Waals surface area contributed by atoms with E-state index in [1.807, 2.05) is 6.07 Å². The lowest BCUT2D eigenvalue weighted by molar-refractivity contribution is -0.0192. The van der Waals surface area contributed by atoms with Crippen LogP contribution in [0.25, 0.3) is 11.2 Å². The van der Waals surface area contributed by atoms with Gasteiger partial charge >= 0.3 is 0 Å². The van der Waals surface area contributed by atoms with Crippen LogP contribution in [0.15, 0.2) is 36.7 Å². The van der Waals surface area contributed by atoms with E-state index in [0.717, 1.165) is 0 Å². The Hall–Kier alpha value is -2.95. The van der Waals surface area contributed by atoms with E-state index < -0.39 is 20.6 Å². The van der Waals surface area contributed by atoms with Crippen LogP contribution in [0.3, 0.4) is 0 Å². The van der Waals surface area contributed by atoms with Crippen molar-refractivity contribution in [2.75, 3.05) is 5.32 Å². The molecule has 2 bridgehead atoms. The molecule has 3 aromatic rings. The Labute approximate surface area is 192 Å². The summed E-state index contributed by atoms with van der Waals surface area (Å²) in [6, 6.07) is 8.84. The van der Waals surface area contributed by atoms with Gasteiger partial charge in [-0.05, 0) is 30.3 Å². The lowest BCUT2D eigenvalue weighted by atomic mass is 10.1. The molecule has 10 heteroatoms. The summed E-state index contributed by atoms with van der Waals surface area (Å²) in [5.41, 5.74) is 1.31. The molecule has 4 heterocycles. The lowest BCUT2D eigenvalue weighted by Crippen LogP contribution is -2.47. The predicted molar refractivity (Wildman–Crippen MR) is 125 cm³/mol. The summed E-state index contributed by atoms with van der Waals surface area (Å²) in [5.74, 6) is -0.0175. The summed E-state index contributed by atoms with van der Waals surface area (Å²) in [5, 5.41) is 2.81. The molecule has 0 aliphatic carbocycles. The number of hydrogen-bond acceptors (Lipinski definition) is 7. The number of carbonyl (C=O) groups is 2.